The van der Waals surface area contributed by atoms with Crippen LogP contribution in [0.1, 0.15) is 80.8 Å². The highest BCUT2D eigenvalue weighted by molar-refractivity contribution is 4.97. The highest BCUT2D eigenvalue weighted by Crippen LogP contribution is 2.07. The molecule has 0 fully saturated rings. The predicted molar refractivity (Wildman–Crippen MR) is 80.5 cm³/mol. The van der Waals surface area contributed by atoms with Gasteiger partial charge in [0.25, 0.3) is 0 Å². The van der Waals surface area contributed by atoms with Crippen molar-refractivity contribution in [3.05, 3.63) is 11.9 Å². The molecule has 106 valence electrons. The van der Waals surface area contributed by atoms with Crippen molar-refractivity contribution in [2.75, 3.05) is 0 Å². The number of nitrogens with zero attached hydrogens (tertiary/aromatic N) is 3. The van der Waals surface area contributed by atoms with Gasteiger partial charge in [-0.05, 0) is 5.92 Å². The maximum Gasteiger partial charge on any atom is 0.0852 e. The average Bonchev–Trinajstić information content (AvgIpc) is 2.86. The minimum absolute atomic E-state index is 0.485. The quantitative estimate of drug-likeness (QED) is 0.693. The van der Waals surface area contributed by atoms with Crippen LogP contribution in [0.15, 0.2) is 6.20 Å². The van der Waals surface area contributed by atoms with Crippen molar-refractivity contribution in [2.24, 2.45) is 7.05 Å². The summed E-state index contributed by atoms with van der Waals surface area (Å²) < 4.78 is 1.72. The van der Waals surface area contributed by atoms with Crippen LogP contribution in [-0.2, 0) is 7.05 Å². The normalized spacial score (nSPS) is 7.06. The highest BCUT2D eigenvalue weighted by Gasteiger charge is 2.00. The lowest BCUT2D eigenvalue weighted by Gasteiger charge is -1.93. The van der Waals surface area contributed by atoms with E-state index in [0.29, 0.717) is 5.92 Å². The van der Waals surface area contributed by atoms with Crippen molar-refractivity contribution in [1.82, 2.24) is 15.0 Å². The van der Waals surface area contributed by atoms with Crippen molar-refractivity contribution >= 4 is 0 Å². The Labute approximate surface area is 110 Å². The molecular formula is C14H35N3. The van der Waals surface area contributed by atoms with Gasteiger partial charge in [0.1, 0.15) is 0 Å². The van der Waals surface area contributed by atoms with Gasteiger partial charge >= 0.3 is 0 Å². The minimum Gasteiger partial charge on any atom is -0.255 e. The molecular weight excluding hydrogens is 210 g/mol. The molecule has 0 spiro atoms. The maximum atomic E-state index is 3.93. The third kappa shape index (κ3) is 17.7. The number of aryl methyl sites for hydroxylation is 1. The summed E-state index contributed by atoms with van der Waals surface area (Å²) in [6, 6.07) is 0. The summed E-state index contributed by atoms with van der Waals surface area (Å²) >= 11 is 0. The molecule has 3 heteroatoms. The topological polar surface area (TPSA) is 30.7 Å². The summed E-state index contributed by atoms with van der Waals surface area (Å²) in [5, 5.41) is 7.73. The summed E-state index contributed by atoms with van der Waals surface area (Å²) in [6.07, 6.45) is 1.94. The van der Waals surface area contributed by atoms with Gasteiger partial charge in [-0.2, -0.15) is 0 Å². The molecule has 0 aromatic carbocycles. The van der Waals surface area contributed by atoms with E-state index in [2.05, 4.69) is 24.2 Å². The fraction of sp³-hybridized carbons (Fsp3) is 0.857. The molecule has 3 nitrogen and oxygen atoms in total. The van der Waals surface area contributed by atoms with Crippen molar-refractivity contribution in [1.29, 1.82) is 0 Å². The van der Waals surface area contributed by atoms with Crippen LogP contribution in [0.3, 0.4) is 0 Å². The maximum absolute atomic E-state index is 3.93. The van der Waals surface area contributed by atoms with E-state index in [1.165, 1.54) is 0 Å². The van der Waals surface area contributed by atoms with E-state index in [1.807, 2.05) is 68.6 Å². The molecule has 0 saturated heterocycles. The van der Waals surface area contributed by atoms with E-state index in [-0.39, 0.29) is 0 Å². The van der Waals surface area contributed by atoms with Gasteiger partial charge in [0.05, 0.1) is 5.69 Å². The fourth-order valence-corrected chi connectivity index (χ4v) is 0.630. The second-order valence-electron chi connectivity index (χ2n) is 2.47. The molecule has 0 aliphatic rings. The number of rotatable bonds is 1. The zero-order chi connectivity index (χ0) is 14.9. The Balaban J connectivity index is -0.0000000905. The SMILES string of the molecule is CC.CC.CC.CC.CC(C)c1cn(C)nn1. The number of hydrogen-bond acceptors (Lipinski definition) is 2. The summed E-state index contributed by atoms with van der Waals surface area (Å²) in [5.41, 5.74) is 1.05. The van der Waals surface area contributed by atoms with Crippen LogP contribution in [-0.4, -0.2) is 15.0 Å². The van der Waals surface area contributed by atoms with Gasteiger partial charge in [-0.15, -0.1) is 5.10 Å². The van der Waals surface area contributed by atoms with Crippen LogP contribution >= 0.6 is 0 Å². The molecule has 0 amide bonds. The Kier molecular flexibility index (Phi) is 36.0. The van der Waals surface area contributed by atoms with Gasteiger partial charge in [0, 0.05) is 13.2 Å². The van der Waals surface area contributed by atoms with Gasteiger partial charge < -0.3 is 0 Å². The third-order valence-corrected chi connectivity index (χ3v) is 1.21. The van der Waals surface area contributed by atoms with E-state index < -0.39 is 0 Å². The molecule has 17 heavy (non-hydrogen) atoms. The van der Waals surface area contributed by atoms with Gasteiger partial charge in [-0.25, -0.2) is 0 Å². The lowest BCUT2D eigenvalue weighted by atomic mass is 10.2. The Bertz CT molecular complexity index is 193. The van der Waals surface area contributed by atoms with E-state index in [9.17, 15) is 0 Å². The van der Waals surface area contributed by atoms with Crippen LogP contribution in [0.25, 0.3) is 0 Å². The van der Waals surface area contributed by atoms with Crippen LogP contribution in [0, 0.1) is 0 Å². The Morgan fingerprint density at radius 3 is 1.35 bits per heavy atom. The summed E-state index contributed by atoms with van der Waals surface area (Å²) in [5.74, 6) is 0.485. The lowest BCUT2D eigenvalue weighted by Crippen LogP contribution is -1.85. The molecule has 0 radical (unpaired) electrons. The molecule has 0 atom stereocenters. The molecule has 0 aliphatic heterocycles. The molecule has 1 rings (SSSR count). The first kappa shape index (κ1) is 25.1. The molecule has 1 aromatic rings. The van der Waals surface area contributed by atoms with Gasteiger partial charge in [0.2, 0.25) is 0 Å². The van der Waals surface area contributed by atoms with Crippen LogP contribution in [0.2, 0.25) is 0 Å². The molecule has 0 N–H and O–H groups in total. The van der Waals surface area contributed by atoms with E-state index in [1.54, 1.807) is 4.68 Å². The summed E-state index contributed by atoms with van der Waals surface area (Å²) in [6.45, 7) is 20.2. The van der Waals surface area contributed by atoms with Crippen LogP contribution in [0.5, 0.6) is 0 Å². The van der Waals surface area contributed by atoms with Crippen molar-refractivity contribution < 1.29 is 0 Å². The Morgan fingerprint density at radius 2 is 1.24 bits per heavy atom. The number of aromatic nitrogens is 3. The first-order chi connectivity index (χ1) is 8.20. The molecule has 0 aliphatic carbocycles. The van der Waals surface area contributed by atoms with E-state index in [0.717, 1.165) is 5.69 Å². The Morgan fingerprint density at radius 1 is 0.882 bits per heavy atom. The Hall–Kier alpha value is -0.860. The van der Waals surface area contributed by atoms with E-state index in [4.69, 9.17) is 0 Å². The van der Waals surface area contributed by atoms with Crippen molar-refractivity contribution in [3.63, 3.8) is 0 Å². The fourth-order valence-electron chi connectivity index (χ4n) is 0.630. The smallest absolute Gasteiger partial charge is 0.0852 e. The van der Waals surface area contributed by atoms with Crippen molar-refractivity contribution in [2.45, 2.75) is 75.2 Å². The number of hydrogen-bond donors (Lipinski definition) is 0. The molecule has 1 heterocycles. The first-order valence-electron chi connectivity index (χ1n) is 7.06. The molecule has 0 unspecified atom stereocenters. The minimum atomic E-state index is 0.485. The summed E-state index contributed by atoms with van der Waals surface area (Å²) in [7, 11) is 1.87. The third-order valence-electron chi connectivity index (χ3n) is 1.21. The monoisotopic (exact) mass is 245 g/mol. The van der Waals surface area contributed by atoms with Gasteiger partial charge in [-0.3, -0.25) is 4.68 Å². The van der Waals surface area contributed by atoms with Gasteiger partial charge in [0.15, 0.2) is 0 Å². The van der Waals surface area contributed by atoms with Crippen LogP contribution < -0.4 is 0 Å². The summed E-state index contributed by atoms with van der Waals surface area (Å²) in [4.78, 5) is 0. The first-order valence-corrected chi connectivity index (χ1v) is 7.06. The molecule has 0 bridgehead atoms. The molecule has 1 aromatic heterocycles. The van der Waals surface area contributed by atoms with Crippen molar-refractivity contribution in [3.8, 4) is 0 Å². The van der Waals surface area contributed by atoms with Crippen LogP contribution in [0.4, 0.5) is 0 Å². The largest absolute Gasteiger partial charge is 0.255 e. The van der Waals surface area contributed by atoms with Gasteiger partial charge in [-0.1, -0.05) is 74.5 Å². The predicted octanol–water partition coefficient (Wildman–Crippen LogP) is 5.04. The lowest BCUT2D eigenvalue weighted by molar-refractivity contribution is 0.710. The average molecular weight is 245 g/mol. The molecule has 0 saturated carbocycles. The second kappa shape index (κ2) is 24.4. The highest BCUT2D eigenvalue weighted by atomic mass is 15.4. The standard InChI is InChI=1S/C6H11N3.4C2H6/c1-5(2)6-4-9(3)8-7-6;4*1-2/h4-5H,1-3H3;4*1-2H3. The van der Waals surface area contributed by atoms with E-state index >= 15 is 0 Å². The second-order valence-corrected chi connectivity index (χ2v) is 2.47. The zero-order valence-corrected chi connectivity index (χ0v) is 14.0. The zero-order valence-electron chi connectivity index (χ0n) is 14.0.